The smallest absolute Gasteiger partial charge is 0.134 e. The van der Waals surface area contributed by atoms with Gasteiger partial charge in [-0.3, -0.25) is 0 Å². The van der Waals surface area contributed by atoms with Gasteiger partial charge in [0.1, 0.15) is 18.1 Å². The van der Waals surface area contributed by atoms with E-state index in [0.717, 1.165) is 0 Å². The Hall–Kier alpha value is -0.930. The second-order valence-corrected chi connectivity index (χ2v) is 2.59. The van der Waals surface area contributed by atoms with Crippen LogP contribution in [0.25, 0.3) is 0 Å². The zero-order valence-corrected chi connectivity index (χ0v) is 7.08. The molecule has 0 aliphatic carbocycles. The van der Waals surface area contributed by atoms with Crippen molar-refractivity contribution in [2.24, 2.45) is 0 Å². The third-order valence-electron chi connectivity index (χ3n) is 1.28. The Kier molecular flexibility index (Phi) is 3.19. The van der Waals surface area contributed by atoms with Crippen LogP contribution in [0.4, 0.5) is 0 Å². The van der Waals surface area contributed by atoms with E-state index in [1.807, 2.05) is 0 Å². The van der Waals surface area contributed by atoms with Crippen molar-refractivity contribution in [3.63, 3.8) is 0 Å². The standard InChI is InChI=1S/C8H9ClO3/c9-7-5-6(12-4-3-10)1-2-8(7)11/h1-2,5,10-11H,3-4H2. The molecule has 0 aliphatic rings. The molecule has 0 spiro atoms. The molecular formula is C8H9ClO3. The summed E-state index contributed by atoms with van der Waals surface area (Å²) < 4.78 is 5.05. The number of aliphatic hydroxyl groups is 1. The van der Waals surface area contributed by atoms with Crippen molar-refractivity contribution < 1.29 is 14.9 Å². The molecule has 1 aromatic carbocycles. The monoisotopic (exact) mass is 188 g/mol. The van der Waals surface area contributed by atoms with Crippen LogP contribution in [-0.4, -0.2) is 23.4 Å². The van der Waals surface area contributed by atoms with Gasteiger partial charge in [-0.1, -0.05) is 11.6 Å². The molecule has 0 saturated carbocycles. The summed E-state index contributed by atoms with van der Waals surface area (Å²) in [4.78, 5) is 0. The molecule has 0 heterocycles. The van der Waals surface area contributed by atoms with E-state index < -0.39 is 0 Å². The third-order valence-corrected chi connectivity index (χ3v) is 1.58. The highest BCUT2D eigenvalue weighted by atomic mass is 35.5. The van der Waals surface area contributed by atoms with Gasteiger partial charge >= 0.3 is 0 Å². The molecule has 2 N–H and O–H groups in total. The summed E-state index contributed by atoms with van der Waals surface area (Å²) in [6.45, 7) is 0.180. The Morgan fingerprint density at radius 2 is 2.17 bits per heavy atom. The fourth-order valence-electron chi connectivity index (χ4n) is 0.741. The first kappa shape index (κ1) is 9.16. The molecule has 0 unspecified atom stereocenters. The lowest BCUT2D eigenvalue weighted by molar-refractivity contribution is 0.201. The summed E-state index contributed by atoms with van der Waals surface area (Å²) in [5.41, 5.74) is 0. The summed E-state index contributed by atoms with van der Waals surface area (Å²) in [5.74, 6) is 0.555. The topological polar surface area (TPSA) is 49.7 Å². The molecule has 0 radical (unpaired) electrons. The number of benzene rings is 1. The number of halogens is 1. The van der Waals surface area contributed by atoms with Crippen molar-refractivity contribution >= 4 is 11.6 Å². The number of aliphatic hydroxyl groups excluding tert-OH is 1. The molecule has 3 nitrogen and oxygen atoms in total. The minimum atomic E-state index is -0.0432. The number of ether oxygens (including phenoxy) is 1. The van der Waals surface area contributed by atoms with E-state index in [4.69, 9.17) is 26.6 Å². The van der Waals surface area contributed by atoms with Crippen molar-refractivity contribution in [3.8, 4) is 11.5 Å². The maximum absolute atomic E-state index is 9.03. The average molecular weight is 189 g/mol. The number of rotatable bonds is 3. The fraction of sp³-hybridized carbons (Fsp3) is 0.250. The summed E-state index contributed by atoms with van der Waals surface area (Å²) >= 11 is 5.60. The van der Waals surface area contributed by atoms with Gasteiger partial charge < -0.3 is 14.9 Å². The Bertz CT molecular complexity index is 262. The first-order valence-corrected chi connectivity index (χ1v) is 3.84. The lowest BCUT2D eigenvalue weighted by Gasteiger charge is -2.04. The van der Waals surface area contributed by atoms with Crippen molar-refractivity contribution in [1.82, 2.24) is 0 Å². The van der Waals surface area contributed by atoms with Gasteiger partial charge in [-0.05, 0) is 12.1 Å². The van der Waals surface area contributed by atoms with E-state index in [1.54, 1.807) is 6.07 Å². The Labute approximate surface area is 75.2 Å². The number of hydrogen-bond acceptors (Lipinski definition) is 3. The Morgan fingerprint density at radius 3 is 2.75 bits per heavy atom. The van der Waals surface area contributed by atoms with Gasteiger partial charge in [0.2, 0.25) is 0 Å². The summed E-state index contributed by atoms with van der Waals surface area (Å²) in [6, 6.07) is 4.51. The minimum absolute atomic E-state index is 0.0213. The molecule has 4 heteroatoms. The van der Waals surface area contributed by atoms with Crippen LogP contribution in [-0.2, 0) is 0 Å². The molecule has 0 amide bonds. The van der Waals surface area contributed by atoms with Gasteiger partial charge in [-0.15, -0.1) is 0 Å². The lowest BCUT2D eigenvalue weighted by atomic mass is 10.3. The zero-order valence-electron chi connectivity index (χ0n) is 6.33. The van der Waals surface area contributed by atoms with Crippen LogP contribution < -0.4 is 4.74 Å². The first-order chi connectivity index (χ1) is 5.74. The second-order valence-electron chi connectivity index (χ2n) is 2.19. The van der Waals surface area contributed by atoms with Gasteiger partial charge in [0.25, 0.3) is 0 Å². The number of phenols is 1. The number of aromatic hydroxyl groups is 1. The average Bonchev–Trinajstić information content (AvgIpc) is 2.07. The molecule has 0 aliphatic heterocycles. The zero-order chi connectivity index (χ0) is 8.97. The van der Waals surface area contributed by atoms with Crippen LogP contribution in [0, 0.1) is 0 Å². The van der Waals surface area contributed by atoms with Crippen molar-refractivity contribution in [2.75, 3.05) is 13.2 Å². The summed E-state index contributed by atoms with van der Waals surface area (Å²) in [6.07, 6.45) is 0. The van der Waals surface area contributed by atoms with E-state index in [1.165, 1.54) is 12.1 Å². The lowest BCUT2D eigenvalue weighted by Crippen LogP contribution is -2.01. The molecular weight excluding hydrogens is 180 g/mol. The van der Waals surface area contributed by atoms with Crippen LogP contribution in [0.1, 0.15) is 0 Å². The highest BCUT2D eigenvalue weighted by Gasteiger charge is 1.99. The van der Waals surface area contributed by atoms with E-state index in [2.05, 4.69) is 0 Å². The van der Waals surface area contributed by atoms with Gasteiger partial charge in [0.15, 0.2) is 0 Å². The molecule has 12 heavy (non-hydrogen) atoms. The van der Waals surface area contributed by atoms with Crippen LogP contribution in [0.5, 0.6) is 11.5 Å². The highest BCUT2D eigenvalue weighted by Crippen LogP contribution is 2.27. The predicted octanol–water partition coefficient (Wildman–Crippen LogP) is 1.42. The molecule has 1 aromatic rings. The summed E-state index contributed by atoms with van der Waals surface area (Å²) in [5, 5.41) is 17.7. The van der Waals surface area contributed by atoms with Crippen LogP contribution in [0.3, 0.4) is 0 Å². The molecule has 0 atom stereocenters. The normalized spacial score (nSPS) is 9.83. The molecule has 0 fully saturated rings. The van der Waals surface area contributed by atoms with Gasteiger partial charge in [0, 0.05) is 6.07 Å². The van der Waals surface area contributed by atoms with E-state index in [-0.39, 0.29) is 24.0 Å². The maximum atomic E-state index is 9.03. The van der Waals surface area contributed by atoms with Crippen molar-refractivity contribution in [1.29, 1.82) is 0 Å². The van der Waals surface area contributed by atoms with Crippen LogP contribution in [0.15, 0.2) is 18.2 Å². The molecule has 0 saturated heterocycles. The minimum Gasteiger partial charge on any atom is -0.506 e. The fourth-order valence-corrected chi connectivity index (χ4v) is 0.911. The largest absolute Gasteiger partial charge is 0.506 e. The van der Waals surface area contributed by atoms with Gasteiger partial charge in [-0.25, -0.2) is 0 Å². The van der Waals surface area contributed by atoms with E-state index >= 15 is 0 Å². The molecule has 0 aromatic heterocycles. The molecule has 0 bridgehead atoms. The summed E-state index contributed by atoms with van der Waals surface area (Å²) in [7, 11) is 0. The van der Waals surface area contributed by atoms with Crippen molar-refractivity contribution in [3.05, 3.63) is 23.2 Å². The second kappa shape index (κ2) is 4.18. The predicted molar refractivity (Wildman–Crippen MR) is 45.7 cm³/mol. The molecule has 1 rings (SSSR count). The number of hydrogen-bond donors (Lipinski definition) is 2. The van der Waals surface area contributed by atoms with Crippen LogP contribution in [0.2, 0.25) is 5.02 Å². The van der Waals surface area contributed by atoms with Crippen molar-refractivity contribution in [2.45, 2.75) is 0 Å². The Balaban J connectivity index is 2.69. The maximum Gasteiger partial charge on any atom is 0.134 e. The van der Waals surface area contributed by atoms with Gasteiger partial charge in [0.05, 0.1) is 11.6 Å². The Morgan fingerprint density at radius 1 is 1.42 bits per heavy atom. The quantitative estimate of drug-likeness (QED) is 0.754. The van der Waals surface area contributed by atoms with Gasteiger partial charge in [-0.2, -0.15) is 0 Å². The molecule has 66 valence electrons. The van der Waals surface area contributed by atoms with Crippen LogP contribution >= 0.6 is 11.6 Å². The SMILES string of the molecule is OCCOc1ccc(O)c(Cl)c1. The van der Waals surface area contributed by atoms with E-state index in [0.29, 0.717) is 5.75 Å². The first-order valence-electron chi connectivity index (χ1n) is 3.46. The highest BCUT2D eigenvalue weighted by molar-refractivity contribution is 6.32. The van der Waals surface area contributed by atoms with E-state index in [9.17, 15) is 0 Å². The number of phenolic OH excluding ortho intramolecular Hbond substituents is 1. The third kappa shape index (κ3) is 2.29.